The Kier molecular flexibility index (Phi) is 2.33. The molecule has 2 aromatic carbocycles. The zero-order valence-electron chi connectivity index (χ0n) is 10.2. The van der Waals surface area contributed by atoms with Crippen molar-refractivity contribution < 1.29 is 9.15 Å². The first kappa shape index (κ1) is 10.8. The van der Waals surface area contributed by atoms with E-state index >= 15 is 0 Å². The van der Waals surface area contributed by atoms with E-state index in [1.807, 2.05) is 37.3 Å². The molecule has 3 rings (SSSR count). The van der Waals surface area contributed by atoms with E-state index in [9.17, 15) is 4.79 Å². The second-order valence-electron chi connectivity index (χ2n) is 4.27. The summed E-state index contributed by atoms with van der Waals surface area (Å²) in [7, 11) is 1.64. The van der Waals surface area contributed by atoms with Gasteiger partial charge in [-0.25, -0.2) is 4.79 Å². The normalized spacial score (nSPS) is 11.0. The van der Waals surface area contributed by atoms with Gasteiger partial charge < -0.3 is 9.15 Å². The van der Waals surface area contributed by atoms with Crippen molar-refractivity contribution in [3.05, 3.63) is 52.4 Å². The number of fused-ring (bicyclic) bond motifs is 3. The molecule has 3 heteroatoms. The Bertz CT molecular complexity index is 800. The first-order valence-electron chi connectivity index (χ1n) is 5.70. The van der Waals surface area contributed by atoms with E-state index in [0.29, 0.717) is 5.58 Å². The molecule has 0 fully saturated rings. The molecule has 0 unspecified atom stereocenters. The number of aryl methyl sites for hydroxylation is 1. The van der Waals surface area contributed by atoms with Crippen LogP contribution in [-0.4, -0.2) is 7.11 Å². The summed E-state index contributed by atoms with van der Waals surface area (Å²) >= 11 is 0. The Balaban J connectivity index is 2.54. The monoisotopic (exact) mass is 240 g/mol. The molecule has 0 aliphatic heterocycles. The Morgan fingerprint density at radius 3 is 2.67 bits per heavy atom. The summed E-state index contributed by atoms with van der Waals surface area (Å²) < 4.78 is 10.5. The fourth-order valence-corrected chi connectivity index (χ4v) is 2.28. The molecule has 0 atom stereocenters. The van der Waals surface area contributed by atoms with Crippen LogP contribution in [0, 0.1) is 6.92 Å². The van der Waals surface area contributed by atoms with Crippen molar-refractivity contribution in [2.75, 3.05) is 7.11 Å². The van der Waals surface area contributed by atoms with E-state index in [4.69, 9.17) is 9.15 Å². The van der Waals surface area contributed by atoms with E-state index in [2.05, 4.69) is 0 Å². The van der Waals surface area contributed by atoms with Crippen LogP contribution in [0.5, 0.6) is 5.75 Å². The van der Waals surface area contributed by atoms with Crippen LogP contribution in [0.2, 0.25) is 0 Å². The Morgan fingerprint density at radius 2 is 1.89 bits per heavy atom. The topological polar surface area (TPSA) is 39.4 Å². The number of methoxy groups -OCH3 is 1. The van der Waals surface area contributed by atoms with Gasteiger partial charge in [0.05, 0.1) is 7.11 Å². The number of ether oxygens (including phenoxy) is 1. The smallest absolute Gasteiger partial charge is 0.336 e. The van der Waals surface area contributed by atoms with Crippen molar-refractivity contribution in [2.45, 2.75) is 6.92 Å². The molecule has 0 radical (unpaired) electrons. The molecule has 0 aliphatic carbocycles. The first-order chi connectivity index (χ1) is 8.69. The van der Waals surface area contributed by atoms with Gasteiger partial charge in [-0.15, -0.1) is 0 Å². The van der Waals surface area contributed by atoms with Gasteiger partial charge in [0.1, 0.15) is 11.3 Å². The fourth-order valence-electron chi connectivity index (χ4n) is 2.28. The van der Waals surface area contributed by atoms with Crippen LogP contribution >= 0.6 is 0 Å². The highest BCUT2D eigenvalue weighted by molar-refractivity contribution is 6.07. The van der Waals surface area contributed by atoms with Crippen molar-refractivity contribution >= 4 is 21.7 Å². The third kappa shape index (κ3) is 1.56. The maximum atomic E-state index is 11.4. The number of hydrogen-bond donors (Lipinski definition) is 0. The van der Waals surface area contributed by atoms with Gasteiger partial charge in [-0.3, -0.25) is 0 Å². The predicted molar refractivity (Wildman–Crippen MR) is 71.3 cm³/mol. The van der Waals surface area contributed by atoms with Crippen molar-refractivity contribution in [1.29, 1.82) is 0 Å². The predicted octanol–water partition coefficient (Wildman–Crippen LogP) is 3.26. The summed E-state index contributed by atoms with van der Waals surface area (Å²) in [6.07, 6.45) is 0. The molecule has 0 N–H and O–H groups in total. The third-order valence-electron chi connectivity index (χ3n) is 3.13. The fraction of sp³-hybridized carbons (Fsp3) is 0.133. The standard InChI is InChI=1S/C15H12O3/c1-9-7-14(16)18-13-6-4-10-3-5-11(17-2)8-12(10)15(9)13/h3-8H,1-2H3. The van der Waals surface area contributed by atoms with Gasteiger partial charge in [0, 0.05) is 11.5 Å². The maximum Gasteiger partial charge on any atom is 0.336 e. The third-order valence-corrected chi connectivity index (χ3v) is 3.13. The van der Waals surface area contributed by atoms with Gasteiger partial charge in [-0.2, -0.15) is 0 Å². The molecule has 0 spiro atoms. The summed E-state index contributed by atoms with van der Waals surface area (Å²) in [6, 6.07) is 11.2. The van der Waals surface area contributed by atoms with Crippen LogP contribution in [-0.2, 0) is 0 Å². The molecule has 1 heterocycles. The minimum atomic E-state index is -0.317. The molecular formula is C15H12O3. The molecule has 0 aliphatic rings. The molecule has 3 aromatic rings. The lowest BCUT2D eigenvalue weighted by Crippen LogP contribution is -1.98. The molecule has 3 nitrogen and oxygen atoms in total. The highest BCUT2D eigenvalue weighted by Gasteiger charge is 2.07. The van der Waals surface area contributed by atoms with Crippen molar-refractivity contribution in [3.8, 4) is 5.75 Å². The molecular weight excluding hydrogens is 228 g/mol. The van der Waals surface area contributed by atoms with Gasteiger partial charge in [0.15, 0.2) is 0 Å². The van der Waals surface area contributed by atoms with Gasteiger partial charge in [0.2, 0.25) is 0 Å². The second-order valence-corrected chi connectivity index (χ2v) is 4.27. The summed E-state index contributed by atoms with van der Waals surface area (Å²) in [5, 5.41) is 3.10. The summed E-state index contributed by atoms with van der Waals surface area (Å²) in [5.41, 5.74) is 1.21. The summed E-state index contributed by atoms with van der Waals surface area (Å²) in [4.78, 5) is 11.4. The van der Waals surface area contributed by atoms with Crippen LogP contribution in [0.1, 0.15) is 5.56 Å². The average molecular weight is 240 g/mol. The minimum absolute atomic E-state index is 0.317. The van der Waals surface area contributed by atoms with E-state index < -0.39 is 0 Å². The molecule has 18 heavy (non-hydrogen) atoms. The molecule has 0 saturated carbocycles. The van der Waals surface area contributed by atoms with Crippen molar-refractivity contribution in [1.82, 2.24) is 0 Å². The largest absolute Gasteiger partial charge is 0.497 e. The molecule has 0 bridgehead atoms. The van der Waals surface area contributed by atoms with E-state index in [-0.39, 0.29) is 5.63 Å². The molecule has 0 amide bonds. The Hall–Kier alpha value is -2.29. The maximum absolute atomic E-state index is 11.4. The van der Waals surface area contributed by atoms with E-state index in [0.717, 1.165) is 27.5 Å². The van der Waals surface area contributed by atoms with Gasteiger partial charge in [-0.05, 0) is 41.5 Å². The molecule has 90 valence electrons. The second kappa shape index (κ2) is 3.88. The summed E-state index contributed by atoms with van der Waals surface area (Å²) in [6.45, 7) is 1.91. The zero-order chi connectivity index (χ0) is 12.7. The lowest BCUT2D eigenvalue weighted by Gasteiger charge is -2.07. The van der Waals surface area contributed by atoms with Crippen molar-refractivity contribution in [2.24, 2.45) is 0 Å². The highest BCUT2D eigenvalue weighted by Crippen LogP contribution is 2.29. The van der Waals surface area contributed by atoms with Crippen LogP contribution in [0.4, 0.5) is 0 Å². The van der Waals surface area contributed by atoms with Crippen LogP contribution in [0.3, 0.4) is 0 Å². The van der Waals surface area contributed by atoms with Gasteiger partial charge in [-0.1, -0.05) is 12.1 Å². The van der Waals surface area contributed by atoms with Crippen LogP contribution < -0.4 is 10.4 Å². The summed E-state index contributed by atoms with van der Waals surface area (Å²) in [5.74, 6) is 0.792. The minimum Gasteiger partial charge on any atom is -0.497 e. The van der Waals surface area contributed by atoms with Crippen LogP contribution in [0.15, 0.2) is 45.6 Å². The van der Waals surface area contributed by atoms with Crippen LogP contribution in [0.25, 0.3) is 21.7 Å². The van der Waals surface area contributed by atoms with E-state index in [1.165, 1.54) is 6.07 Å². The number of benzene rings is 2. The SMILES string of the molecule is COc1ccc2ccc3oc(=O)cc(C)c3c2c1. The highest BCUT2D eigenvalue weighted by atomic mass is 16.5. The Labute approximate surface area is 104 Å². The lowest BCUT2D eigenvalue weighted by molar-refractivity contribution is 0.415. The lowest BCUT2D eigenvalue weighted by atomic mass is 10.0. The number of hydrogen-bond acceptors (Lipinski definition) is 3. The molecule has 0 saturated heterocycles. The quantitative estimate of drug-likeness (QED) is 0.484. The zero-order valence-corrected chi connectivity index (χ0v) is 10.2. The Morgan fingerprint density at radius 1 is 1.11 bits per heavy atom. The number of rotatable bonds is 1. The average Bonchev–Trinajstić information content (AvgIpc) is 2.36. The van der Waals surface area contributed by atoms with Gasteiger partial charge >= 0.3 is 5.63 Å². The molecule has 1 aromatic heterocycles. The van der Waals surface area contributed by atoms with Crippen molar-refractivity contribution in [3.63, 3.8) is 0 Å². The van der Waals surface area contributed by atoms with E-state index in [1.54, 1.807) is 7.11 Å². The van der Waals surface area contributed by atoms with Gasteiger partial charge in [0.25, 0.3) is 0 Å². The first-order valence-corrected chi connectivity index (χ1v) is 5.70.